The van der Waals surface area contributed by atoms with Crippen molar-refractivity contribution >= 4 is 12.2 Å². The van der Waals surface area contributed by atoms with Crippen LogP contribution in [0, 0.1) is 4.77 Å². The summed E-state index contributed by atoms with van der Waals surface area (Å²) in [5.41, 5.74) is 13.0. The first-order chi connectivity index (χ1) is 12.9. The summed E-state index contributed by atoms with van der Waals surface area (Å²) in [4.78, 5) is 16.9. The fraction of sp³-hybridized carbons (Fsp3) is 0.444. The van der Waals surface area contributed by atoms with Gasteiger partial charge in [-0.25, -0.2) is 0 Å². The van der Waals surface area contributed by atoms with Crippen LogP contribution < -0.4 is 26.5 Å². The van der Waals surface area contributed by atoms with Crippen LogP contribution in [0.15, 0.2) is 29.1 Å². The highest BCUT2D eigenvalue weighted by Gasteiger charge is 2.28. The largest absolute Gasteiger partial charge is 0.497 e. The maximum Gasteiger partial charge on any atom is 0.252 e. The number of ether oxygens (including phenoxy) is 2. The van der Waals surface area contributed by atoms with Crippen LogP contribution in [0.5, 0.6) is 11.5 Å². The number of aromatic amines is 1. The SMILES string of the molecule is COc1ccc(-c2cc(=O)[nH]c(=S)n2CC2CCCN2C(N)N)c(OC)c1. The van der Waals surface area contributed by atoms with Crippen LogP contribution in [-0.4, -0.2) is 47.5 Å². The van der Waals surface area contributed by atoms with E-state index in [2.05, 4.69) is 9.88 Å². The molecule has 0 radical (unpaired) electrons. The fourth-order valence-electron chi connectivity index (χ4n) is 3.59. The second kappa shape index (κ2) is 8.22. The summed E-state index contributed by atoms with van der Waals surface area (Å²) in [5, 5.41) is 0. The Labute approximate surface area is 162 Å². The molecule has 1 saturated heterocycles. The van der Waals surface area contributed by atoms with Crippen molar-refractivity contribution in [1.29, 1.82) is 0 Å². The predicted molar refractivity (Wildman–Crippen MR) is 106 cm³/mol. The van der Waals surface area contributed by atoms with Gasteiger partial charge in [0, 0.05) is 36.8 Å². The van der Waals surface area contributed by atoms with E-state index in [1.165, 1.54) is 6.07 Å². The summed E-state index contributed by atoms with van der Waals surface area (Å²) < 4.78 is 13.0. The number of nitrogens with one attached hydrogen (secondary N) is 1. The third kappa shape index (κ3) is 4.06. The van der Waals surface area contributed by atoms with Crippen LogP contribution in [0.4, 0.5) is 0 Å². The molecule has 1 aliphatic rings. The number of likely N-dealkylation sites (tertiary alicyclic amines) is 1. The maximum absolute atomic E-state index is 12.1. The minimum absolute atomic E-state index is 0.144. The van der Waals surface area contributed by atoms with E-state index >= 15 is 0 Å². The summed E-state index contributed by atoms with van der Waals surface area (Å²) in [6.07, 6.45) is 1.46. The number of methoxy groups -OCH3 is 2. The maximum atomic E-state index is 12.1. The molecule has 146 valence electrons. The summed E-state index contributed by atoms with van der Waals surface area (Å²) in [6, 6.07) is 7.14. The quantitative estimate of drug-likeness (QED) is 0.502. The fourth-order valence-corrected chi connectivity index (χ4v) is 3.87. The highest BCUT2D eigenvalue weighted by atomic mass is 32.1. The molecule has 3 rings (SSSR count). The Balaban J connectivity index is 2.09. The van der Waals surface area contributed by atoms with E-state index in [4.69, 9.17) is 33.2 Å². The van der Waals surface area contributed by atoms with E-state index in [0.29, 0.717) is 28.5 Å². The van der Waals surface area contributed by atoms with Crippen LogP contribution in [0.3, 0.4) is 0 Å². The number of aromatic nitrogens is 2. The van der Waals surface area contributed by atoms with Crippen molar-refractivity contribution in [3.05, 3.63) is 39.4 Å². The Morgan fingerprint density at radius 3 is 2.74 bits per heavy atom. The zero-order valence-corrected chi connectivity index (χ0v) is 16.3. The van der Waals surface area contributed by atoms with Gasteiger partial charge in [0.1, 0.15) is 17.8 Å². The molecule has 0 bridgehead atoms. The molecular formula is C18H25N5O3S. The summed E-state index contributed by atoms with van der Waals surface area (Å²) in [7, 11) is 3.17. The first kappa shape index (κ1) is 19.6. The summed E-state index contributed by atoms with van der Waals surface area (Å²) in [6.45, 7) is 1.42. The van der Waals surface area contributed by atoms with Crippen molar-refractivity contribution < 1.29 is 9.47 Å². The van der Waals surface area contributed by atoms with Crippen molar-refractivity contribution in [3.63, 3.8) is 0 Å². The Morgan fingerprint density at radius 1 is 1.30 bits per heavy atom. The van der Waals surface area contributed by atoms with E-state index in [1.54, 1.807) is 20.3 Å². The van der Waals surface area contributed by atoms with Gasteiger partial charge in [-0.3, -0.25) is 14.7 Å². The zero-order valence-electron chi connectivity index (χ0n) is 15.5. The van der Waals surface area contributed by atoms with Gasteiger partial charge in [0.15, 0.2) is 4.77 Å². The highest BCUT2D eigenvalue weighted by Crippen LogP contribution is 2.33. The lowest BCUT2D eigenvalue weighted by Gasteiger charge is -2.29. The minimum Gasteiger partial charge on any atom is -0.497 e. The highest BCUT2D eigenvalue weighted by molar-refractivity contribution is 7.71. The third-order valence-corrected chi connectivity index (χ3v) is 5.24. The molecule has 5 N–H and O–H groups in total. The van der Waals surface area contributed by atoms with Gasteiger partial charge in [0.2, 0.25) is 0 Å². The molecule has 1 aromatic heterocycles. The molecule has 0 aliphatic carbocycles. The molecule has 2 aromatic rings. The molecule has 9 heteroatoms. The van der Waals surface area contributed by atoms with Gasteiger partial charge in [-0.1, -0.05) is 0 Å². The predicted octanol–water partition coefficient (Wildman–Crippen LogP) is 1.26. The number of benzene rings is 1. The van der Waals surface area contributed by atoms with E-state index < -0.39 is 6.29 Å². The molecule has 2 heterocycles. The monoisotopic (exact) mass is 391 g/mol. The van der Waals surface area contributed by atoms with Gasteiger partial charge in [0.25, 0.3) is 5.56 Å². The Bertz CT molecular complexity index is 924. The van der Waals surface area contributed by atoms with Crippen molar-refractivity contribution in [1.82, 2.24) is 14.5 Å². The lowest BCUT2D eigenvalue weighted by Crippen LogP contribution is -2.51. The normalized spacial score (nSPS) is 17.4. The molecule has 0 spiro atoms. The molecule has 1 aromatic carbocycles. The van der Waals surface area contributed by atoms with Gasteiger partial charge in [-0.2, -0.15) is 0 Å². The molecule has 27 heavy (non-hydrogen) atoms. The van der Waals surface area contributed by atoms with Crippen molar-refractivity contribution in [2.45, 2.75) is 31.7 Å². The van der Waals surface area contributed by atoms with E-state index in [0.717, 1.165) is 24.9 Å². The number of rotatable bonds is 6. The topological polar surface area (TPSA) is 112 Å². The van der Waals surface area contributed by atoms with Crippen molar-refractivity contribution in [2.24, 2.45) is 11.5 Å². The lowest BCUT2D eigenvalue weighted by molar-refractivity contribution is 0.171. The Hall–Kier alpha value is -2.20. The number of H-pyrrole nitrogens is 1. The summed E-state index contributed by atoms with van der Waals surface area (Å²) in [5.74, 6) is 1.27. The molecular weight excluding hydrogens is 366 g/mol. The smallest absolute Gasteiger partial charge is 0.252 e. The third-order valence-electron chi connectivity index (χ3n) is 4.92. The average molecular weight is 391 g/mol. The van der Waals surface area contributed by atoms with E-state index in [1.807, 2.05) is 16.7 Å². The van der Waals surface area contributed by atoms with Gasteiger partial charge < -0.3 is 25.5 Å². The standard InChI is InChI=1S/C18H25N5O3S/c1-25-12-5-6-13(15(8-12)26-2)14-9-16(24)21-18(27)23(14)10-11-4-3-7-22(11)17(19)20/h5-6,8-9,11,17H,3-4,7,10,19-20H2,1-2H3,(H,21,24,27). The number of hydrogen-bond acceptors (Lipinski definition) is 7. The number of nitrogens with zero attached hydrogens (tertiary/aromatic N) is 2. The number of nitrogens with two attached hydrogens (primary N) is 2. The average Bonchev–Trinajstić information content (AvgIpc) is 3.11. The first-order valence-electron chi connectivity index (χ1n) is 8.78. The molecule has 1 unspecified atom stereocenters. The van der Waals surface area contributed by atoms with Crippen molar-refractivity contribution in [2.75, 3.05) is 20.8 Å². The second-order valence-electron chi connectivity index (χ2n) is 6.53. The Kier molecular flexibility index (Phi) is 5.95. The molecule has 0 amide bonds. The summed E-state index contributed by atoms with van der Waals surface area (Å²) >= 11 is 5.45. The van der Waals surface area contributed by atoms with Crippen LogP contribution in [-0.2, 0) is 6.54 Å². The van der Waals surface area contributed by atoms with Crippen LogP contribution in [0.1, 0.15) is 12.8 Å². The number of hydrogen-bond donors (Lipinski definition) is 3. The Morgan fingerprint density at radius 2 is 2.07 bits per heavy atom. The van der Waals surface area contributed by atoms with Gasteiger partial charge in [0.05, 0.1) is 19.9 Å². The first-order valence-corrected chi connectivity index (χ1v) is 9.19. The van der Waals surface area contributed by atoms with Gasteiger partial charge in [-0.05, 0) is 37.2 Å². The molecule has 0 saturated carbocycles. The zero-order chi connectivity index (χ0) is 19.6. The second-order valence-corrected chi connectivity index (χ2v) is 6.91. The molecule has 1 aliphatic heterocycles. The molecule has 8 nitrogen and oxygen atoms in total. The van der Waals surface area contributed by atoms with Crippen LogP contribution in [0.2, 0.25) is 0 Å². The molecule has 1 atom stereocenters. The van der Waals surface area contributed by atoms with Crippen LogP contribution in [0.25, 0.3) is 11.3 Å². The lowest BCUT2D eigenvalue weighted by atomic mass is 10.1. The van der Waals surface area contributed by atoms with Gasteiger partial charge >= 0.3 is 0 Å². The van der Waals surface area contributed by atoms with E-state index in [9.17, 15) is 4.79 Å². The minimum atomic E-state index is -0.520. The van der Waals surface area contributed by atoms with E-state index in [-0.39, 0.29) is 11.6 Å². The van der Waals surface area contributed by atoms with Crippen molar-refractivity contribution in [3.8, 4) is 22.8 Å². The molecule has 1 fully saturated rings. The van der Waals surface area contributed by atoms with Crippen LogP contribution >= 0.6 is 12.2 Å². The van der Waals surface area contributed by atoms with Gasteiger partial charge in [-0.15, -0.1) is 0 Å².